The maximum atomic E-state index is 12.8. The smallest absolute Gasteiger partial charge is 0.226 e. The topological polar surface area (TPSA) is 38.1 Å². The zero-order chi connectivity index (χ0) is 15.1. The summed E-state index contributed by atoms with van der Waals surface area (Å²) in [5.41, 5.74) is 0. The number of rotatable bonds is 3. The monoisotopic (exact) mass is 315 g/mol. The Labute approximate surface area is 134 Å². The average Bonchev–Trinajstić information content (AvgIpc) is 2.95. The molecule has 5 heteroatoms. The van der Waals surface area contributed by atoms with Crippen molar-refractivity contribution in [2.24, 2.45) is 5.92 Å². The zero-order valence-corrected chi connectivity index (χ0v) is 13.6. The number of nitrogens with zero attached hydrogens (tertiary/aromatic N) is 3. The van der Waals surface area contributed by atoms with Crippen LogP contribution in [0.3, 0.4) is 0 Å². The van der Waals surface area contributed by atoms with E-state index in [4.69, 9.17) is 0 Å². The Hall–Kier alpha value is -1.62. The number of piperidine rings is 1. The molecule has 0 spiro atoms. The number of thiophene rings is 1. The van der Waals surface area contributed by atoms with Crippen molar-refractivity contribution in [2.75, 3.05) is 13.1 Å². The van der Waals surface area contributed by atoms with E-state index in [0.717, 1.165) is 32.4 Å². The minimum atomic E-state index is 0.217. The van der Waals surface area contributed by atoms with Gasteiger partial charge in [-0.3, -0.25) is 9.48 Å². The van der Waals surface area contributed by atoms with Crippen LogP contribution in [0.2, 0.25) is 0 Å². The molecule has 1 aliphatic heterocycles. The van der Waals surface area contributed by atoms with Crippen LogP contribution in [0.4, 0.5) is 0 Å². The van der Waals surface area contributed by atoms with Gasteiger partial charge in [-0.05, 0) is 44.4 Å². The van der Waals surface area contributed by atoms with Crippen LogP contribution < -0.4 is 0 Å². The predicted molar refractivity (Wildman–Crippen MR) is 87.0 cm³/mol. The Morgan fingerprint density at radius 3 is 3.05 bits per heavy atom. The molecule has 3 heterocycles. The van der Waals surface area contributed by atoms with E-state index in [1.807, 2.05) is 34.5 Å². The molecule has 116 valence electrons. The highest BCUT2D eigenvalue weighted by atomic mass is 32.1. The first-order chi connectivity index (χ1) is 10.7. The Morgan fingerprint density at radius 2 is 2.32 bits per heavy atom. The number of aromatic nitrogens is 2. The van der Waals surface area contributed by atoms with E-state index in [9.17, 15) is 4.79 Å². The number of hydrogen-bond donors (Lipinski definition) is 0. The molecule has 4 rings (SSSR count). The summed E-state index contributed by atoms with van der Waals surface area (Å²) in [7, 11) is 0. The highest BCUT2D eigenvalue weighted by Crippen LogP contribution is 2.50. The Balaban J connectivity index is 1.41. The van der Waals surface area contributed by atoms with Crippen molar-refractivity contribution in [3.63, 3.8) is 0 Å². The summed E-state index contributed by atoms with van der Waals surface area (Å²) in [6, 6.07) is 6.65. The minimum Gasteiger partial charge on any atom is -0.340 e. The molecule has 0 N–H and O–H groups in total. The van der Waals surface area contributed by atoms with Crippen LogP contribution in [-0.4, -0.2) is 33.7 Å². The van der Waals surface area contributed by atoms with E-state index >= 15 is 0 Å². The first-order valence-corrected chi connectivity index (χ1v) is 8.88. The fraction of sp³-hybridized carbons (Fsp3) is 0.529. The second kappa shape index (κ2) is 5.54. The van der Waals surface area contributed by atoms with Gasteiger partial charge < -0.3 is 4.90 Å². The van der Waals surface area contributed by atoms with Crippen molar-refractivity contribution in [3.05, 3.63) is 40.3 Å². The van der Waals surface area contributed by atoms with Gasteiger partial charge in [-0.25, -0.2) is 0 Å². The third kappa shape index (κ3) is 2.58. The predicted octanol–water partition coefficient (Wildman–Crippen LogP) is 3.22. The molecule has 0 aromatic carbocycles. The molecule has 2 aromatic rings. The molecule has 22 heavy (non-hydrogen) atoms. The number of hydrogen-bond acceptors (Lipinski definition) is 3. The van der Waals surface area contributed by atoms with E-state index in [1.165, 1.54) is 9.75 Å². The first-order valence-electron chi connectivity index (χ1n) is 8.06. The van der Waals surface area contributed by atoms with Gasteiger partial charge in [0.05, 0.1) is 6.04 Å². The van der Waals surface area contributed by atoms with Gasteiger partial charge in [0.25, 0.3) is 0 Å². The van der Waals surface area contributed by atoms with Crippen LogP contribution in [0, 0.1) is 12.8 Å². The van der Waals surface area contributed by atoms with Crippen molar-refractivity contribution in [1.29, 1.82) is 0 Å². The molecule has 4 nitrogen and oxygen atoms in total. The fourth-order valence-electron chi connectivity index (χ4n) is 3.54. The zero-order valence-electron chi connectivity index (χ0n) is 12.8. The summed E-state index contributed by atoms with van der Waals surface area (Å²) in [4.78, 5) is 17.6. The molecule has 1 saturated carbocycles. The second-order valence-corrected chi connectivity index (χ2v) is 7.78. The normalized spacial score (nSPS) is 27.9. The minimum absolute atomic E-state index is 0.217. The highest BCUT2D eigenvalue weighted by Gasteiger charge is 2.47. The lowest BCUT2D eigenvalue weighted by molar-refractivity contribution is -0.134. The lowest BCUT2D eigenvalue weighted by Crippen LogP contribution is -2.41. The molecular weight excluding hydrogens is 294 g/mol. The van der Waals surface area contributed by atoms with Gasteiger partial charge >= 0.3 is 0 Å². The molecular formula is C17H21N3OS. The molecule has 3 unspecified atom stereocenters. The molecule has 1 saturated heterocycles. The summed E-state index contributed by atoms with van der Waals surface area (Å²) < 4.78 is 2.01. The number of carbonyl (C=O) groups excluding carboxylic acids is 1. The van der Waals surface area contributed by atoms with Crippen LogP contribution in [0.15, 0.2) is 30.6 Å². The van der Waals surface area contributed by atoms with Crippen molar-refractivity contribution >= 4 is 17.2 Å². The van der Waals surface area contributed by atoms with Gasteiger partial charge in [-0.15, -0.1) is 11.3 Å². The van der Waals surface area contributed by atoms with Gasteiger partial charge in [0.15, 0.2) is 0 Å². The molecule has 2 aliphatic rings. The van der Waals surface area contributed by atoms with Crippen LogP contribution >= 0.6 is 11.3 Å². The summed E-state index contributed by atoms with van der Waals surface area (Å²) >= 11 is 1.84. The van der Waals surface area contributed by atoms with Crippen LogP contribution in [0.25, 0.3) is 0 Å². The van der Waals surface area contributed by atoms with Crippen molar-refractivity contribution in [3.8, 4) is 0 Å². The van der Waals surface area contributed by atoms with E-state index < -0.39 is 0 Å². The number of carbonyl (C=O) groups is 1. The number of aryl methyl sites for hydroxylation is 1. The third-order valence-corrected chi connectivity index (χ3v) is 5.97. The van der Waals surface area contributed by atoms with E-state index in [1.54, 1.807) is 0 Å². The van der Waals surface area contributed by atoms with E-state index in [2.05, 4.69) is 29.1 Å². The Bertz CT molecular complexity index is 663. The SMILES string of the molecule is Cc1ccc(C2CC2C(=O)N2CCCC(n3cccn3)C2)s1. The summed E-state index contributed by atoms with van der Waals surface area (Å²) in [6.45, 7) is 3.85. The van der Waals surface area contributed by atoms with Gasteiger partial charge in [0.1, 0.15) is 0 Å². The van der Waals surface area contributed by atoms with Crippen LogP contribution in [0.1, 0.15) is 41.0 Å². The Kier molecular flexibility index (Phi) is 3.53. The molecule has 2 fully saturated rings. The van der Waals surface area contributed by atoms with Crippen LogP contribution in [0.5, 0.6) is 0 Å². The highest BCUT2D eigenvalue weighted by molar-refractivity contribution is 7.12. The summed E-state index contributed by atoms with van der Waals surface area (Å²) in [5.74, 6) is 1.04. The number of amides is 1. The third-order valence-electron chi connectivity index (χ3n) is 4.84. The lowest BCUT2D eigenvalue weighted by Gasteiger charge is -2.33. The average molecular weight is 315 g/mol. The fourth-order valence-corrected chi connectivity index (χ4v) is 4.59. The van der Waals surface area contributed by atoms with Gasteiger partial charge in [0, 0.05) is 47.1 Å². The van der Waals surface area contributed by atoms with E-state index in [0.29, 0.717) is 17.9 Å². The van der Waals surface area contributed by atoms with Crippen LogP contribution in [-0.2, 0) is 4.79 Å². The molecule has 1 aliphatic carbocycles. The Morgan fingerprint density at radius 1 is 1.41 bits per heavy atom. The molecule has 0 bridgehead atoms. The quantitative estimate of drug-likeness (QED) is 0.872. The van der Waals surface area contributed by atoms with Gasteiger partial charge in [0.2, 0.25) is 5.91 Å². The maximum absolute atomic E-state index is 12.8. The van der Waals surface area contributed by atoms with Crippen molar-refractivity contribution in [2.45, 2.75) is 38.1 Å². The molecule has 3 atom stereocenters. The number of likely N-dealkylation sites (tertiary alicyclic amines) is 1. The first kappa shape index (κ1) is 14.0. The summed E-state index contributed by atoms with van der Waals surface area (Å²) in [5, 5.41) is 4.34. The lowest BCUT2D eigenvalue weighted by atomic mass is 10.1. The van der Waals surface area contributed by atoms with Crippen molar-refractivity contribution in [1.82, 2.24) is 14.7 Å². The summed E-state index contributed by atoms with van der Waals surface area (Å²) in [6.07, 6.45) is 7.04. The molecule has 2 aromatic heterocycles. The largest absolute Gasteiger partial charge is 0.340 e. The molecule has 1 amide bonds. The molecule has 0 radical (unpaired) electrons. The van der Waals surface area contributed by atoms with Gasteiger partial charge in [-0.1, -0.05) is 0 Å². The van der Waals surface area contributed by atoms with Crippen molar-refractivity contribution < 1.29 is 4.79 Å². The van der Waals surface area contributed by atoms with Gasteiger partial charge in [-0.2, -0.15) is 5.10 Å². The van der Waals surface area contributed by atoms with E-state index in [-0.39, 0.29) is 5.92 Å². The maximum Gasteiger partial charge on any atom is 0.226 e. The second-order valence-electron chi connectivity index (χ2n) is 6.46. The standard InChI is InChI=1S/C17H21N3OS/c1-12-5-6-16(22-12)14-10-15(14)17(21)19-8-2-4-13(11-19)20-9-3-7-18-20/h3,5-7,9,13-15H,2,4,8,10-11H2,1H3.